The van der Waals surface area contributed by atoms with E-state index < -0.39 is 0 Å². The molecule has 2 fully saturated rings. The number of thioether (sulfide) groups is 2. The summed E-state index contributed by atoms with van der Waals surface area (Å²) < 4.78 is 0.352. The second-order valence-corrected chi connectivity index (χ2v) is 7.07. The van der Waals surface area contributed by atoms with Crippen molar-refractivity contribution in [3.8, 4) is 0 Å². The van der Waals surface area contributed by atoms with Gasteiger partial charge in [-0.1, -0.05) is 0 Å². The first-order chi connectivity index (χ1) is 6.13. The highest BCUT2D eigenvalue weighted by molar-refractivity contribution is 8.21. The van der Waals surface area contributed by atoms with E-state index in [9.17, 15) is 4.79 Å². The molecule has 1 unspecified atom stereocenters. The van der Waals surface area contributed by atoms with Crippen LogP contribution in [0.25, 0.3) is 0 Å². The smallest absolute Gasteiger partial charge is 0.146 e. The molecule has 2 nitrogen and oxygen atoms in total. The first-order valence-corrected chi connectivity index (χ1v) is 6.59. The zero-order valence-corrected chi connectivity index (χ0v) is 9.71. The fourth-order valence-electron chi connectivity index (χ4n) is 2.17. The number of carbonyl (C=O) groups is 1. The van der Waals surface area contributed by atoms with Gasteiger partial charge in [0.2, 0.25) is 0 Å². The van der Waals surface area contributed by atoms with Crippen LogP contribution in [0.3, 0.4) is 0 Å². The second-order valence-electron chi connectivity index (χ2n) is 3.85. The zero-order valence-electron chi connectivity index (χ0n) is 8.08. The van der Waals surface area contributed by atoms with E-state index in [0.717, 1.165) is 13.0 Å². The fourth-order valence-corrected chi connectivity index (χ4v) is 5.55. The molecule has 0 amide bonds. The summed E-state index contributed by atoms with van der Waals surface area (Å²) in [6, 6.07) is 0.179. The third kappa shape index (κ3) is 1.76. The maximum Gasteiger partial charge on any atom is 0.146 e. The number of nitrogens with zero attached hydrogens (tertiary/aromatic N) is 1. The molecule has 0 saturated carbocycles. The minimum atomic E-state index is 0.179. The largest absolute Gasteiger partial charge is 0.298 e. The number of hydrogen-bond acceptors (Lipinski definition) is 4. The molecule has 74 valence electrons. The Labute approximate surface area is 87.8 Å². The standard InChI is InChI=1S/C9H15NOS2/c1-7(11)8-5-9(6-10(8)2)12-3-4-13-9/h8H,3-6H2,1-2H3. The van der Waals surface area contributed by atoms with E-state index >= 15 is 0 Å². The molecule has 2 heterocycles. The van der Waals surface area contributed by atoms with Gasteiger partial charge in [-0.05, 0) is 20.4 Å². The van der Waals surface area contributed by atoms with Crippen molar-refractivity contribution in [2.24, 2.45) is 0 Å². The normalized spacial score (nSPS) is 32.9. The fraction of sp³-hybridized carbons (Fsp3) is 0.889. The molecule has 0 bridgehead atoms. The van der Waals surface area contributed by atoms with Crippen LogP contribution in [0.4, 0.5) is 0 Å². The summed E-state index contributed by atoms with van der Waals surface area (Å²) in [4.78, 5) is 13.6. The molecule has 0 aromatic carbocycles. The number of likely N-dealkylation sites (tertiary alicyclic amines) is 1. The average molecular weight is 217 g/mol. The molecule has 0 aliphatic carbocycles. The van der Waals surface area contributed by atoms with Crippen LogP contribution in [-0.2, 0) is 4.79 Å². The number of hydrogen-bond donors (Lipinski definition) is 0. The molecule has 13 heavy (non-hydrogen) atoms. The molecule has 0 N–H and O–H groups in total. The highest BCUT2D eigenvalue weighted by atomic mass is 32.2. The SMILES string of the molecule is CC(=O)C1CC2(CN1C)SCCS2. The molecule has 2 saturated heterocycles. The first kappa shape index (κ1) is 9.87. The van der Waals surface area contributed by atoms with Crippen LogP contribution in [-0.4, -0.2) is 45.9 Å². The molecule has 4 heteroatoms. The number of Topliss-reactive ketones (excluding diaryl/α,β-unsaturated/α-hetero) is 1. The van der Waals surface area contributed by atoms with Gasteiger partial charge in [-0.15, -0.1) is 23.5 Å². The summed E-state index contributed by atoms with van der Waals surface area (Å²) in [6.07, 6.45) is 1.05. The average Bonchev–Trinajstić information content (AvgIpc) is 2.60. The molecular formula is C9H15NOS2. The Hall–Kier alpha value is 0.330. The van der Waals surface area contributed by atoms with Gasteiger partial charge >= 0.3 is 0 Å². The predicted molar refractivity (Wildman–Crippen MR) is 59.4 cm³/mol. The molecule has 0 aromatic rings. The van der Waals surface area contributed by atoms with E-state index in [4.69, 9.17) is 0 Å². The van der Waals surface area contributed by atoms with Crippen molar-refractivity contribution in [3.05, 3.63) is 0 Å². The van der Waals surface area contributed by atoms with E-state index in [1.165, 1.54) is 11.5 Å². The van der Waals surface area contributed by atoms with Gasteiger partial charge < -0.3 is 0 Å². The van der Waals surface area contributed by atoms with Crippen molar-refractivity contribution < 1.29 is 4.79 Å². The van der Waals surface area contributed by atoms with Crippen LogP contribution in [0, 0.1) is 0 Å². The van der Waals surface area contributed by atoms with Crippen molar-refractivity contribution in [1.82, 2.24) is 4.90 Å². The minimum Gasteiger partial charge on any atom is -0.298 e. The van der Waals surface area contributed by atoms with Crippen molar-refractivity contribution >= 4 is 29.3 Å². The van der Waals surface area contributed by atoms with Gasteiger partial charge in [-0.2, -0.15) is 0 Å². The Bertz CT molecular complexity index is 226. The highest BCUT2D eigenvalue weighted by Crippen LogP contribution is 2.51. The minimum absolute atomic E-state index is 0.179. The van der Waals surface area contributed by atoms with Gasteiger partial charge in [0, 0.05) is 18.1 Å². The van der Waals surface area contributed by atoms with Crippen LogP contribution in [0.15, 0.2) is 0 Å². The van der Waals surface area contributed by atoms with E-state index in [2.05, 4.69) is 11.9 Å². The van der Waals surface area contributed by atoms with Crippen LogP contribution >= 0.6 is 23.5 Å². The Morgan fingerprint density at radius 1 is 1.46 bits per heavy atom. The Balaban J connectivity index is 2.09. The van der Waals surface area contributed by atoms with Gasteiger partial charge in [0.05, 0.1) is 10.1 Å². The quantitative estimate of drug-likeness (QED) is 0.662. The summed E-state index contributed by atoms with van der Waals surface area (Å²) in [7, 11) is 2.07. The molecule has 0 aromatic heterocycles. The van der Waals surface area contributed by atoms with Gasteiger partial charge in [0.1, 0.15) is 5.78 Å². The van der Waals surface area contributed by atoms with Crippen molar-refractivity contribution in [2.45, 2.75) is 23.5 Å². The van der Waals surface area contributed by atoms with Crippen molar-refractivity contribution in [2.75, 3.05) is 25.1 Å². The van der Waals surface area contributed by atoms with E-state index in [1.54, 1.807) is 6.92 Å². The topological polar surface area (TPSA) is 20.3 Å². The Morgan fingerprint density at radius 3 is 2.54 bits per heavy atom. The van der Waals surface area contributed by atoms with Crippen LogP contribution in [0.5, 0.6) is 0 Å². The second kappa shape index (κ2) is 3.48. The summed E-state index contributed by atoms with van der Waals surface area (Å²) in [5.41, 5.74) is 0. The van der Waals surface area contributed by atoms with Gasteiger partial charge in [0.25, 0.3) is 0 Å². The van der Waals surface area contributed by atoms with Crippen LogP contribution in [0.1, 0.15) is 13.3 Å². The molecule has 2 rings (SSSR count). The summed E-state index contributed by atoms with van der Waals surface area (Å²) in [6.45, 7) is 2.79. The van der Waals surface area contributed by atoms with E-state index in [-0.39, 0.29) is 6.04 Å². The number of carbonyl (C=O) groups excluding carboxylic acids is 1. The molecule has 0 radical (unpaired) electrons. The van der Waals surface area contributed by atoms with E-state index in [1.807, 2.05) is 23.5 Å². The van der Waals surface area contributed by atoms with Gasteiger partial charge in [-0.3, -0.25) is 9.69 Å². The lowest BCUT2D eigenvalue weighted by Crippen LogP contribution is -2.31. The third-order valence-corrected chi connectivity index (χ3v) is 6.24. The number of likely N-dealkylation sites (N-methyl/N-ethyl adjacent to an activating group) is 1. The van der Waals surface area contributed by atoms with Gasteiger partial charge in [-0.25, -0.2) is 0 Å². The predicted octanol–water partition coefficient (Wildman–Crippen LogP) is 1.46. The monoisotopic (exact) mass is 217 g/mol. The summed E-state index contributed by atoms with van der Waals surface area (Å²) >= 11 is 4.09. The summed E-state index contributed by atoms with van der Waals surface area (Å²) in [5, 5.41) is 0. The third-order valence-electron chi connectivity index (χ3n) is 2.81. The number of rotatable bonds is 1. The van der Waals surface area contributed by atoms with Crippen LogP contribution < -0.4 is 0 Å². The van der Waals surface area contributed by atoms with Crippen LogP contribution in [0.2, 0.25) is 0 Å². The molecule has 1 atom stereocenters. The maximum atomic E-state index is 11.3. The lowest BCUT2D eigenvalue weighted by atomic mass is 10.1. The Morgan fingerprint density at radius 2 is 2.08 bits per heavy atom. The highest BCUT2D eigenvalue weighted by Gasteiger charge is 2.46. The zero-order chi connectivity index (χ0) is 9.47. The lowest BCUT2D eigenvalue weighted by molar-refractivity contribution is -0.120. The molecule has 1 spiro atoms. The maximum absolute atomic E-state index is 11.3. The van der Waals surface area contributed by atoms with Crippen molar-refractivity contribution in [1.29, 1.82) is 0 Å². The van der Waals surface area contributed by atoms with Gasteiger partial charge in [0.15, 0.2) is 0 Å². The lowest BCUT2D eigenvalue weighted by Gasteiger charge is -2.19. The molecule has 2 aliphatic heterocycles. The van der Waals surface area contributed by atoms with Crippen molar-refractivity contribution in [3.63, 3.8) is 0 Å². The molecule has 2 aliphatic rings. The Kier molecular flexibility index (Phi) is 2.64. The first-order valence-electron chi connectivity index (χ1n) is 4.62. The molecular weight excluding hydrogens is 202 g/mol. The summed E-state index contributed by atoms with van der Waals surface area (Å²) in [5.74, 6) is 2.83. The number of ketones is 1. The van der Waals surface area contributed by atoms with E-state index in [0.29, 0.717) is 9.86 Å².